The van der Waals surface area contributed by atoms with Crippen molar-refractivity contribution in [2.75, 3.05) is 19.8 Å². The summed E-state index contributed by atoms with van der Waals surface area (Å²) < 4.78 is 18.2. The Hall–Kier alpha value is -2.30. The number of ether oxygens (including phenoxy) is 3. The topological polar surface area (TPSA) is 82.1 Å². The van der Waals surface area contributed by atoms with E-state index >= 15 is 0 Å². The van der Waals surface area contributed by atoms with E-state index in [2.05, 4.69) is 31.9 Å². The number of nitrogens with zero attached hydrogens (tertiary/aromatic N) is 1. The van der Waals surface area contributed by atoms with Gasteiger partial charge in [0.2, 0.25) is 0 Å². The quantitative estimate of drug-likeness (QED) is 0.267. The number of halogens is 2. The zero-order chi connectivity index (χ0) is 24.0. The second kappa shape index (κ2) is 11.7. The smallest absolute Gasteiger partial charge is 0.326 e. The van der Waals surface area contributed by atoms with Crippen LogP contribution >= 0.6 is 43.6 Å². The molecule has 33 heavy (non-hydrogen) atoms. The van der Waals surface area contributed by atoms with Crippen molar-refractivity contribution in [2.24, 2.45) is 0 Å². The van der Waals surface area contributed by atoms with Crippen molar-refractivity contribution in [3.05, 3.63) is 61.4 Å². The maximum Gasteiger partial charge on any atom is 0.326 e. The fourth-order valence-electron chi connectivity index (χ4n) is 2.90. The molecule has 2 aromatic carbocycles. The van der Waals surface area contributed by atoms with Gasteiger partial charge in [-0.05, 0) is 67.1 Å². The first kappa shape index (κ1) is 25.3. The molecule has 1 saturated heterocycles. The number of benzene rings is 2. The fraction of sp³-hybridized carbons (Fsp3) is 0.261. The van der Waals surface area contributed by atoms with Crippen molar-refractivity contribution in [3.8, 4) is 11.5 Å². The highest BCUT2D eigenvalue weighted by Crippen LogP contribution is 2.38. The summed E-state index contributed by atoms with van der Waals surface area (Å²) in [6.45, 7) is 4.06. The molecule has 0 atom stereocenters. The molecule has 0 unspecified atom stereocenters. The highest BCUT2D eigenvalue weighted by molar-refractivity contribution is 9.10. The standard InChI is InChI=1S/C23H21Br2NO6S/c1-3-30-18-9-15(10-20-22(28)26(23(29)33-20)12-21(27)31-4-2)17(25)11-19(18)32-13-14-5-7-16(24)8-6-14/h5-11H,3-4,12-13H2,1-2H3/b20-10+. The molecule has 10 heteroatoms. The van der Waals surface area contributed by atoms with Gasteiger partial charge in [0.15, 0.2) is 11.5 Å². The third kappa shape index (κ3) is 6.61. The van der Waals surface area contributed by atoms with Gasteiger partial charge in [0.25, 0.3) is 11.1 Å². The Morgan fingerprint density at radius 1 is 1.03 bits per heavy atom. The Morgan fingerprint density at radius 2 is 1.73 bits per heavy atom. The van der Waals surface area contributed by atoms with Gasteiger partial charge in [-0.15, -0.1) is 0 Å². The van der Waals surface area contributed by atoms with E-state index in [9.17, 15) is 14.4 Å². The van der Waals surface area contributed by atoms with E-state index in [1.165, 1.54) is 0 Å². The first-order chi connectivity index (χ1) is 15.8. The van der Waals surface area contributed by atoms with Gasteiger partial charge < -0.3 is 14.2 Å². The van der Waals surface area contributed by atoms with Crippen LogP contribution in [0.5, 0.6) is 11.5 Å². The van der Waals surface area contributed by atoms with Gasteiger partial charge in [0.05, 0.1) is 18.1 Å². The minimum Gasteiger partial charge on any atom is -0.490 e. The average molecular weight is 599 g/mol. The second-order valence-corrected chi connectivity index (χ2v) is 9.50. The molecule has 0 spiro atoms. The number of amides is 2. The van der Waals surface area contributed by atoms with Crippen LogP contribution in [0.15, 0.2) is 50.2 Å². The van der Waals surface area contributed by atoms with Gasteiger partial charge in [0.1, 0.15) is 13.2 Å². The molecule has 2 aromatic rings. The van der Waals surface area contributed by atoms with E-state index in [0.29, 0.717) is 34.7 Å². The van der Waals surface area contributed by atoms with Crippen LogP contribution in [0.1, 0.15) is 25.0 Å². The van der Waals surface area contributed by atoms with Crippen LogP contribution in [-0.2, 0) is 20.9 Å². The molecule has 0 saturated carbocycles. The van der Waals surface area contributed by atoms with Crippen LogP contribution in [0.25, 0.3) is 6.08 Å². The zero-order valence-corrected chi connectivity index (χ0v) is 21.9. The van der Waals surface area contributed by atoms with Gasteiger partial charge in [-0.1, -0.05) is 44.0 Å². The number of carbonyl (C=O) groups excluding carboxylic acids is 3. The van der Waals surface area contributed by atoms with Crippen LogP contribution in [0.2, 0.25) is 0 Å². The molecule has 1 aliphatic heterocycles. The summed E-state index contributed by atoms with van der Waals surface area (Å²) in [4.78, 5) is 37.7. The van der Waals surface area contributed by atoms with Gasteiger partial charge >= 0.3 is 5.97 Å². The molecule has 0 radical (unpaired) electrons. The number of rotatable bonds is 9. The van der Waals surface area contributed by atoms with E-state index in [0.717, 1.165) is 26.7 Å². The van der Waals surface area contributed by atoms with E-state index in [4.69, 9.17) is 14.2 Å². The molecule has 0 aromatic heterocycles. The summed E-state index contributed by atoms with van der Waals surface area (Å²) in [5.74, 6) is -0.124. The molecule has 7 nitrogen and oxygen atoms in total. The lowest BCUT2D eigenvalue weighted by atomic mass is 10.1. The number of hydrogen-bond acceptors (Lipinski definition) is 7. The van der Waals surface area contributed by atoms with Crippen LogP contribution in [-0.4, -0.2) is 41.8 Å². The summed E-state index contributed by atoms with van der Waals surface area (Å²) >= 11 is 7.69. The van der Waals surface area contributed by atoms with Crippen molar-refractivity contribution >= 4 is 66.8 Å². The highest BCUT2D eigenvalue weighted by atomic mass is 79.9. The lowest BCUT2D eigenvalue weighted by molar-refractivity contribution is -0.145. The summed E-state index contributed by atoms with van der Waals surface area (Å²) in [5.41, 5.74) is 1.63. The summed E-state index contributed by atoms with van der Waals surface area (Å²) in [6, 6.07) is 11.3. The minimum absolute atomic E-state index is 0.175. The van der Waals surface area contributed by atoms with Crippen LogP contribution in [0, 0.1) is 0 Å². The van der Waals surface area contributed by atoms with Gasteiger partial charge in [-0.2, -0.15) is 0 Å². The van der Waals surface area contributed by atoms with Crippen LogP contribution in [0.4, 0.5) is 4.79 Å². The molecule has 174 valence electrons. The number of esters is 1. The average Bonchev–Trinajstić information content (AvgIpc) is 3.03. The van der Waals surface area contributed by atoms with Crippen LogP contribution in [0.3, 0.4) is 0 Å². The summed E-state index contributed by atoms with van der Waals surface area (Å²) in [6.07, 6.45) is 1.58. The summed E-state index contributed by atoms with van der Waals surface area (Å²) in [7, 11) is 0. The molecular formula is C23H21Br2NO6S. The molecule has 0 bridgehead atoms. The molecule has 2 amide bonds. The number of thioether (sulfide) groups is 1. The molecule has 0 aliphatic carbocycles. The van der Waals surface area contributed by atoms with E-state index in [1.54, 1.807) is 25.1 Å². The molecule has 0 N–H and O–H groups in total. The van der Waals surface area contributed by atoms with Gasteiger partial charge in [0, 0.05) is 8.95 Å². The van der Waals surface area contributed by atoms with Crippen molar-refractivity contribution in [2.45, 2.75) is 20.5 Å². The number of hydrogen-bond donors (Lipinski definition) is 0. The Kier molecular flexibility index (Phi) is 8.99. The SMILES string of the molecule is CCOC(=O)CN1C(=O)S/C(=C/c2cc(OCC)c(OCc3ccc(Br)cc3)cc2Br)C1=O. The van der Waals surface area contributed by atoms with Crippen LogP contribution < -0.4 is 9.47 Å². The fourth-order valence-corrected chi connectivity index (χ4v) is 4.43. The van der Waals surface area contributed by atoms with Gasteiger partial charge in [-0.3, -0.25) is 19.3 Å². The Balaban J connectivity index is 1.81. The third-order valence-electron chi connectivity index (χ3n) is 4.42. The van der Waals surface area contributed by atoms with Crippen molar-refractivity contribution in [1.82, 2.24) is 4.90 Å². The lowest BCUT2D eigenvalue weighted by Crippen LogP contribution is -2.34. The predicted molar refractivity (Wildman–Crippen MR) is 133 cm³/mol. The van der Waals surface area contributed by atoms with Crippen molar-refractivity contribution in [1.29, 1.82) is 0 Å². The summed E-state index contributed by atoms with van der Waals surface area (Å²) in [5, 5.41) is -0.519. The maximum absolute atomic E-state index is 12.7. The molecule has 3 rings (SSSR count). The molecule has 1 heterocycles. The normalized spacial score (nSPS) is 14.7. The lowest BCUT2D eigenvalue weighted by Gasteiger charge is -2.14. The largest absolute Gasteiger partial charge is 0.490 e. The predicted octanol–water partition coefficient (Wildman–Crippen LogP) is 5.79. The minimum atomic E-state index is -0.631. The van der Waals surface area contributed by atoms with Gasteiger partial charge in [-0.25, -0.2) is 0 Å². The monoisotopic (exact) mass is 597 g/mol. The zero-order valence-electron chi connectivity index (χ0n) is 17.9. The molecule has 1 aliphatic rings. The Labute approximate surface area is 212 Å². The maximum atomic E-state index is 12.7. The first-order valence-electron chi connectivity index (χ1n) is 10.1. The molecule has 1 fully saturated rings. The Bertz CT molecular complexity index is 1090. The van der Waals surface area contributed by atoms with E-state index in [-0.39, 0.29) is 11.5 Å². The van der Waals surface area contributed by atoms with Crippen molar-refractivity contribution < 1.29 is 28.6 Å². The highest BCUT2D eigenvalue weighted by Gasteiger charge is 2.36. The first-order valence-corrected chi connectivity index (χ1v) is 12.5. The Morgan fingerprint density at radius 3 is 2.39 bits per heavy atom. The molecular weight excluding hydrogens is 578 g/mol. The number of carbonyl (C=O) groups is 3. The third-order valence-corrected chi connectivity index (χ3v) is 6.55. The van der Waals surface area contributed by atoms with E-state index < -0.39 is 23.7 Å². The second-order valence-electron chi connectivity index (χ2n) is 6.74. The van der Waals surface area contributed by atoms with E-state index in [1.807, 2.05) is 31.2 Å². The van der Waals surface area contributed by atoms with Crippen molar-refractivity contribution in [3.63, 3.8) is 0 Å². The number of imide groups is 1.